The first kappa shape index (κ1) is 11.6. The second kappa shape index (κ2) is 4.97. The van der Waals surface area contributed by atoms with Crippen molar-refractivity contribution in [1.29, 1.82) is 0 Å². The first-order chi connectivity index (χ1) is 7.65. The van der Waals surface area contributed by atoms with Crippen LogP contribution in [0.2, 0.25) is 0 Å². The molecule has 88 valence electrons. The molecule has 0 bridgehead atoms. The van der Waals surface area contributed by atoms with Crippen molar-refractivity contribution in [1.82, 2.24) is 14.7 Å². The van der Waals surface area contributed by atoms with E-state index >= 15 is 0 Å². The first-order valence-corrected chi connectivity index (χ1v) is 6.67. The lowest BCUT2D eigenvalue weighted by Gasteiger charge is -2.13. The summed E-state index contributed by atoms with van der Waals surface area (Å²) in [5.74, 6) is 0.631. The summed E-state index contributed by atoms with van der Waals surface area (Å²) in [5, 5.41) is 5.53. The molecule has 1 N–H and O–H groups in total. The van der Waals surface area contributed by atoms with Crippen LogP contribution in [0.15, 0.2) is 17.8 Å². The Kier molecular flexibility index (Phi) is 3.61. The van der Waals surface area contributed by atoms with Crippen molar-refractivity contribution in [3.05, 3.63) is 23.5 Å². The molecule has 16 heavy (non-hydrogen) atoms. The van der Waals surface area contributed by atoms with Crippen LogP contribution >= 0.6 is 11.3 Å². The number of imidazole rings is 1. The van der Waals surface area contributed by atoms with Gasteiger partial charge in [0.25, 0.3) is 0 Å². The fourth-order valence-corrected chi connectivity index (χ4v) is 2.46. The molecule has 1 atom stereocenters. The van der Waals surface area contributed by atoms with E-state index in [4.69, 9.17) is 0 Å². The Hall–Kier alpha value is -0.870. The summed E-state index contributed by atoms with van der Waals surface area (Å²) in [4.78, 5) is 5.69. The number of aromatic nitrogens is 2. The van der Waals surface area contributed by atoms with Crippen LogP contribution in [-0.2, 0) is 6.42 Å². The quantitative estimate of drug-likeness (QED) is 0.866. The Labute approximate surface area is 101 Å². The van der Waals surface area contributed by atoms with E-state index in [9.17, 15) is 0 Å². The van der Waals surface area contributed by atoms with Crippen LogP contribution in [0.3, 0.4) is 0 Å². The van der Waals surface area contributed by atoms with E-state index in [-0.39, 0.29) is 0 Å². The van der Waals surface area contributed by atoms with Crippen LogP contribution in [0.25, 0.3) is 4.96 Å². The monoisotopic (exact) mass is 237 g/mol. The van der Waals surface area contributed by atoms with E-state index < -0.39 is 0 Å². The standard InChI is InChI=1S/C12H19N3S/c1-9(2)13-7-10(3)6-11-8-15-4-5-16-12(15)14-11/h4-5,8-10,13H,6-7H2,1-3H3. The summed E-state index contributed by atoms with van der Waals surface area (Å²) in [6, 6.07) is 0.563. The number of nitrogens with zero attached hydrogens (tertiary/aromatic N) is 2. The number of rotatable bonds is 5. The number of hydrogen-bond acceptors (Lipinski definition) is 3. The van der Waals surface area contributed by atoms with Crippen LogP contribution in [0.1, 0.15) is 26.5 Å². The van der Waals surface area contributed by atoms with Gasteiger partial charge >= 0.3 is 0 Å². The molecule has 2 aromatic rings. The minimum Gasteiger partial charge on any atom is -0.314 e. The van der Waals surface area contributed by atoms with Crippen LogP contribution in [0.4, 0.5) is 0 Å². The lowest BCUT2D eigenvalue weighted by Crippen LogP contribution is -2.28. The summed E-state index contributed by atoms with van der Waals surface area (Å²) in [6.45, 7) is 7.68. The second-order valence-corrected chi connectivity index (χ2v) is 5.57. The van der Waals surface area contributed by atoms with Gasteiger partial charge in [-0.25, -0.2) is 4.98 Å². The third-order valence-electron chi connectivity index (χ3n) is 2.58. The van der Waals surface area contributed by atoms with E-state index in [0.29, 0.717) is 12.0 Å². The average Bonchev–Trinajstić information content (AvgIpc) is 2.74. The number of hydrogen-bond donors (Lipinski definition) is 1. The number of fused-ring (bicyclic) bond motifs is 1. The van der Waals surface area contributed by atoms with E-state index in [1.807, 2.05) is 0 Å². The van der Waals surface area contributed by atoms with Crippen molar-refractivity contribution in [3.63, 3.8) is 0 Å². The molecule has 1 unspecified atom stereocenters. The van der Waals surface area contributed by atoms with Crippen molar-refractivity contribution >= 4 is 16.3 Å². The molecule has 3 nitrogen and oxygen atoms in total. The van der Waals surface area contributed by atoms with Gasteiger partial charge in [0.1, 0.15) is 0 Å². The van der Waals surface area contributed by atoms with Gasteiger partial charge in [-0.15, -0.1) is 11.3 Å². The highest BCUT2D eigenvalue weighted by Crippen LogP contribution is 2.14. The molecule has 2 heterocycles. The van der Waals surface area contributed by atoms with Crippen molar-refractivity contribution in [3.8, 4) is 0 Å². The molecule has 0 aliphatic carbocycles. The largest absolute Gasteiger partial charge is 0.314 e. The lowest BCUT2D eigenvalue weighted by molar-refractivity contribution is 0.473. The average molecular weight is 237 g/mol. The fourth-order valence-electron chi connectivity index (χ4n) is 1.74. The smallest absolute Gasteiger partial charge is 0.193 e. The molecule has 0 saturated heterocycles. The van der Waals surface area contributed by atoms with Gasteiger partial charge in [0.15, 0.2) is 4.96 Å². The van der Waals surface area contributed by atoms with Crippen molar-refractivity contribution in [2.24, 2.45) is 5.92 Å². The summed E-state index contributed by atoms with van der Waals surface area (Å²) < 4.78 is 2.10. The topological polar surface area (TPSA) is 29.3 Å². The van der Waals surface area contributed by atoms with Gasteiger partial charge < -0.3 is 5.32 Å². The Balaban J connectivity index is 1.91. The van der Waals surface area contributed by atoms with E-state index in [1.54, 1.807) is 11.3 Å². The maximum atomic E-state index is 4.59. The zero-order valence-corrected chi connectivity index (χ0v) is 10.9. The van der Waals surface area contributed by atoms with Gasteiger partial charge in [0.05, 0.1) is 5.69 Å². The highest BCUT2D eigenvalue weighted by Gasteiger charge is 2.08. The number of thiazole rings is 1. The van der Waals surface area contributed by atoms with Crippen LogP contribution in [-0.4, -0.2) is 22.0 Å². The SMILES string of the molecule is CC(CNC(C)C)Cc1cn2ccsc2n1. The Bertz CT molecular complexity index is 415. The Morgan fingerprint density at radius 2 is 2.25 bits per heavy atom. The van der Waals surface area contributed by atoms with E-state index in [0.717, 1.165) is 17.9 Å². The molecule has 0 fully saturated rings. The Morgan fingerprint density at radius 1 is 1.44 bits per heavy atom. The van der Waals surface area contributed by atoms with Crippen LogP contribution < -0.4 is 5.32 Å². The molecule has 4 heteroatoms. The summed E-state index contributed by atoms with van der Waals surface area (Å²) in [6.07, 6.45) is 5.25. The molecule has 0 aliphatic rings. The highest BCUT2D eigenvalue weighted by atomic mass is 32.1. The molecule has 0 aliphatic heterocycles. The van der Waals surface area contributed by atoms with E-state index in [1.165, 1.54) is 5.69 Å². The van der Waals surface area contributed by atoms with Crippen LogP contribution in [0, 0.1) is 5.92 Å². The van der Waals surface area contributed by atoms with Gasteiger partial charge in [-0.05, 0) is 18.9 Å². The van der Waals surface area contributed by atoms with Gasteiger partial charge in [0.2, 0.25) is 0 Å². The van der Waals surface area contributed by atoms with Gasteiger partial charge in [-0.1, -0.05) is 20.8 Å². The minimum atomic E-state index is 0.563. The normalized spacial score (nSPS) is 13.8. The summed E-state index contributed by atoms with van der Waals surface area (Å²) in [7, 11) is 0. The predicted molar refractivity (Wildman–Crippen MR) is 69.1 cm³/mol. The fraction of sp³-hybridized carbons (Fsp3) is 0.583. The minimum absolute atomic E-state index is 0.563. The molecule has 0 amide bonds. The molecular formula is C12H19N3S. The third-order valence-corrected chi connectivity index (χ3v) is 3.35. The second-order valence-electron chi connectivity index (χ2n) is 4.70. The van der Waals surface area contributed by atoms with Crippen molar-refractivity contribution < 1.29 is 0 Å². The molecule has 0 aromatic carbocycles. The maximum absolute atomic E-state index is 4.59. The molecule has 2 aromatic heterocycles. The molecule has 0 saturated carbocycles. The van der Waals surface area contributed by atoms with Gasteiger partial charge in [-0.3, -0.25) is 4.40 Å². The lowest BCUT2D eigenvalue weighted by atomic mass is 10.1. The van der Waals surface area contributed by atoms with Gasteiger partial charge in [0, 0.05) is 23.8 Å². The zero-order valence-electron chi connectivity index (χ0n) is 10.1. The summed E-state index contributed by atoms with van der Waals surface area (Å²) >= 11 is 1.69. The molecule has 0 radical (unpaired) electrons. The molecule has 2 rings (SSSR count). The predicted octanol–water partition coefficient (Wildman–Crippen LogP) is 2.57. The third kappa shape index (κ3) is 2.83. The molecular weight excluding hydrogens is 218 g/mol. The highest BCUT2D eigenvalue weighted by molar-refractivity contribution is 7.15. The zero-order chi connectivity index (χ0) is 11.5. The maximum Gasteiger partial charge on any atom is 0.193 e. The van der Waals surface area contributed by atoms with Crippen molar-refractivity contribution in [2.45, 2.75) is 33.2 Å². The van der Waals surface area contributed by atoms with Crippen LogP contribution in [0.5, 0.6) is 0 Å². The molecule has 0 spiro atoms. The van der Waals surface area contributed by atoms with Crippen molar-refractivity contribution in [2.75, 3.05) is 6.54 Å². The van der Waals surface area contributed by atoms with E-state index in [2.05, 4.69) is 53.2 Å². The summed E-state index contributed by atoms with van der Waals surface area (Å²) in [5.41, 5.74) is 1.20. The Morgan fingerprint density at radius 3 is 2.94 bits per heavy atom. The van der Waals surface area contributed by atoms with Gasteiger partial charge in [-0.2, -0.15) is 0 Å². The first-order valence-electron chi connectivity index (χ1n) is 5.79. The number of nitrogens with one attached hydrogen (secondary N) is 1.